The molecule has 0 saturated heterocycles. The minimum Gasteiger partial charge on any atom is -0.370 e. The summed E-state index contributed by atoms with van der Waals surface area (Å²) in [6, 6.07) is 2.90. The van der Waals surface area contributed by atoms with Crippen molar-refractivity contribution in [3.63, 3.8) is 0 Å². The first-order chi connectivity index (χ1) is 9.60. The largest absolute Gasteiger partial charge is 0.370 e. The molecule has 1 aromatic rings. The number of halogens is 2. The van der Waals surface area contributed by atoms with Crippen LogP contribution in [0.2, 0.25) is 0 Å². The Kier molecular flexibility index (Phi) is 5.24. The van der Waals surface area contributed by atoms with Crippen molar-refractivity contribution in [2.75, 3.05) is 6.61 Å². The van der Waals surface area contributed by atoms with Crippen LogP contribution in [0, 0.1) is 17.6 Å². The van der Waals surface area contributed by atoms with Crippen molar-refractivity contribution in [1.29, 1.82) is 0 Å². The van der Waals surface area contributed by atoms with Gasteiger partial charge in [-0.15, -0.1) is 0 Å². The lowest BCUT2D eigenvalue weighted by atomic mass is 9.85. The molecule has 2 unspecified atom stereocenters. The van der Waals surface area contributed by atoms with Gasteiger partial charge in [-0.05, 0) is 37.0 Å². The Hall–Kier alpha value is -1.29. The lowest BCUT2D eigenvalue weighted by Crippen LogP contribution is -2.25. The first-order valence-electron chi connectivity index (χ1n) is 7.20. The summed E-state index contributed by atoms with van der Waals surface area (Å²) >= 11 is 0. The number of carbonyl (C=O) groups is 1. The van der Waals surface area contributed by atoms with Gasteiger partial charge in [0, 0.05) is 0 Å². The van der Waals surface area contributed by atoms with E-state index in [1.54, 1.807) is 0 Å². The number of rotatable bonds is 5. The second-order valence-electron chi connectivity index (χ2n) is 5.42. The molecule has 2 atom stereocenters. The summed E-state index contributed by atoms with van der Waals surface area (Å²) in [5.74, 6) is -1.16. The molecule has 4 heteroatoms. The fraction of sp³-hybridized carbons (Fsp3) is 0.562. The maximum Gasteiger partial charge on any atom is 0.191 e. The average molecular weight is 282 g/mol. The van der Waals surface area contributed by atoms with E-state index in [0.29, 0.717) is 5.92 Å². The van der Waals surface area contributed by atoms with E-state index in [2.05, 4.69) is 6.92 Å². The molecule has 0 amide bonds. The van der Waals surface area contributed by atoms with Gasteiger partial charge >= 0.3 is 0 Å². The van der Waals surface area contributed by atoms with E-state index in [0.717, 1.165) is 43.9 Å². The van der Waals surface area contributed by atoms with E-state index in [9.17, 15) is 13.6 Å². The zero-order chi connectivity index (χ0) is 14.5. The summed E-state index contributed by atoms with van der Waals surface area (Å²) in [5.41, 5.74) is -0.229. The molecule has 2 rings (SSSR count). The highest BCUT2D eigenvalue weighted by molar-refractivity contribution is 5.97. The molecule has 1 aliphatic carbocycles. The molecule has 0 aromatic heterocycles. The summed E-state index contributed by atoms with van der Waals surface area (Å²) in [6.07, 6.45) is 5.39. The highest BCUT2D eigenvalue weighted by Crippen LogP contribution is 2.28. The molecule has 1 aliphatic rings. The van der Waals surface area contributed by atoms with Gasteiger partial charge in [0.05, 0.1) is 11.7 Å². The predicted octanol–water partition coefficient (Wildman–Crippen LogP) is 4.13. The highest BCUT2D eigenvalue weighted by Gasteiger charge is 2.22. The van der Waals surface area contributed by atoms with Gasteiger partial charge in [-0.2, -0.15) is 0 Å². The van der Waals surface area contributed by atoms with Gasteiger partial charge in [0.15, 0.2) is 5.78 Å². The Labute approximate surface area is 118 Å². The third kappa shape index (κ3) is 3.85. The van der Waals surface area contributed by atoms with Crippen molar-refractivity contribution in [2.24, 2.45) is 5.92 Å². The second kappa shape index (κ2) is 6.93. The molecule has 0 heterocycles. The standard InChI is InChI=1S/C16H20F2O2/c1-2-11-4-3-5-13(8-11)20-10-16(19)14-9-12(17)6-7-15(14)18/h6-7,9,11,13H,2-5,8,10H2,1H3. The Morgan fingerprint density at radius 2 is 2.15 bits per heavy atom. The zero-order valence-electron chi connectivity index (χ0n) is 11.7. The van der Waals surface area contributed by atoms with E-state index in [1.807, 2.05) is 0 Å². The van der Waals surface area contributed by atoms with Crippen molar-refractivity contribution in [2.45, 2.75) is 45.1 Å². The number of carbonyl (C=O) groups excluding carboxylic acids is 1. The number of hydrogen-bond donors (Lipinski definition) is 0. The minimum atomic E-state index is -0.699. The van der Waals surface area contributed by atoms with Crippen molar-refractivity contribution >= 4 is 5.78 Å². The first kappa shape index (κ1) is 15.1. The van der Waals surface area contributed by atoms with Gasteiger partial charge in [-0.1, -0.05) is 26.2 Å². The summed E-state index contributed by atoms with van der Waals surface area (Å²) in [5, 5.41) is 0. The van der Waals surface area contributed by atoms with Gasteiger partial charge in [0.25, 0.3) is 0 Å². The highest BCUT2D eigenvalue weighted by atomic mass is 19.1. The Balaban J connectivity index is 1.90. The Bertz CT molecular complexity index is 474. The molecular formula is C16H20F2O2. The predicted molar refractivity (Wildman–Crippen MR) is 72.7 cm³/mol. The fourth-order valence-electron chi connectivity index (χ4n) is 2.75. The van der Waals surface area contributed by atoms with E-state index >= 15 is 0 Å². The summed E-state index contributed by atoms with van der Waals surface area (Å²) in [6.45, 7) is 1.97. The van der Waals surface area contributed by atoms with Crippen molar-refractivity contribution < 1.29 is 18.3 Å². The third-order valence-electron chi connectivity index (χ3n) is 3.99. The van der Waals surface area contributed by atoms with E-state index < -0.39 is 17.4 Å². The summed E-state index contributed by atoms with van der Waals surface area (Å²) in [4.78, 5) is 11.9. The molecule has 2 nitrogen and oxygen atoms in total. The van der Waals surface area contributed by atoms with Gasteiger partial charge in [-0.3, -0.25) is 4.79 Å². The molecule has 0 aliphatic heterocycles. The SMILES string of the molecule is CCC1CCCC(OCC(=O)c2cc(F)ccc2F)C1. The van der Waals surface area contributed by atoms with Crippen LogP contribution in [0.5, 0.6) is 0 Å². The molecule has 1 fully saturated rings. The van der Waals surface area contributed by atoms with Crippen LogP contribution < -0.4 is 0 Å². The van der Waals surface area contributed by atoms with Crippen LogP contribution in [0.15, 0.2) is 18.2 Å². The van der Waals surface area contributed by atoms with Crippen molar-refractivity contribution in [1.82, 2.24) is 0 Å². The number of hydrogen-bond acceptors (Lipinski definition) is 2. The molecule has 20 heavy (non-hydrogen) atoms. The molecule has 0 radical (unpaired) electrons. The molecular weight excluding hydrogens is 262 g/mol. The number of ether oxygens (including phenoxy) is 1. The lowest BCUT2D eigenvalue weighted by molar-refractivity contribution is 0.0154. The van der Waals surface area contributed by atoms with Crippen LogP contribution in [0.1, 0.15) is 49.4 Å². The van der Waals surface area contributed by atoms with Gasteiger partial charge in [0.2, 0.25) is 0 Å². The first-order valence-corrected chi connectivity index (χ1v) is 7.20. The molecule has 1 aromatic carbocycles. The topological polar surface area (TPSA) is 26.3 Å². The van der Waals surface area contributed by atoms with Crippen LogP contribution in [0.4, 0.5) is 8.78 Å². The van der Waals surface area contributed by atoms with E-state index in [4.69, 9.17) is 4.74 Å². The zero-order valence-corrected chi connectivity index (χ0v) is 11.7. The van der Waals surface area contributed by atoms with E-state index in [1.165, 1.54) is 6.42 Å². The van der Waals surface area contributed by atoms with Gasteiger partial charge < -0.3 is 4.74 Å². The molecule has 1 saturated carbocycles. The van der Waals surface area contributed by atoms with E-state index in [-0.39, 0.29) is 18.3 Å². The maximum atomic E-state index is 13.5. The van der Waals surface area contributed by atoms with Crippen LogP contribution >= 0.6 is 0 Å². The normalized spacial score (nSPS) is 22.8. The van der Waals surface area contributed by atoms with Crippen LogP contribution in [-0.2, 0) is 4.74 Å². The number of Topliss-reactive ketones (excluding diaryl/α,β-unsaturated/α-hetero) is 1. The van der Waals surface area contributed by atoms with Gasteiger partial charge in [-0.25, -0.2) is 8.78 Å². The smallest absolute Gasteiger partial charge is 0.191 e. The molecule has 0 spiro atoms. The minimum absolute atomic E-state index is 0.0641. The fourth-order valence-corrected chi connectivity index (χ4v) is 2.75. The van der Waals surface area contributed by atoms with Crippen molar-refractivity contribution in [3.05, 3.63) is 35.4 Å². The van der Waals surface area contributed by atoms with Crippen molar-refractivity contribution in [3.8, 4) is 0 Å². The number of ketones is 1. The molecule has 0 bridgehead atoms. The Morgan fingerprint density at radius 1 is 1.35 bits per heavy atom. The van der Waals surface area contributed by atoms with Gasteiger partial charge in [0.1, 0.15) is 18.2 Å². The number of benzene rings is 1. The monoisotopic (exact) mass is 282 g/mol. The lowest BCUT2D eigenvalue weighted by Gasteiger charge is -2.28. The van der Waals surface area contributed by atoms with Crippen LogP contribution in [0.3, 0.4) is 0 Å². The Morgan fingerprint density at radius 3 is 2.90 bits per heavy atom. The molecule has 110 valence electrons. The van der Waals surface area contributed by atoms with Crippen LogP contribution in [-0.4, -0.2) is 18.5 Å². The second-order valence-corrected chi connectivity index (χ2v) is 5.42. The quantitative estimate of drug-likeness (QED) is 0.759. The maximum absolute atomic E-state index is 13.5. The molecule has 0 N–H and O–H groups in total. The third-order valence-corrected chi connectivity index (χ3v) is 3.99. The summed E-state index contributed by atoms with van der Waals surface area (Å²) in [7, 11) is 0. The van der Waals surface area contributed by atoms with Crippen LogP contribution in [0.25, 0.3) is 0 Å². The average Bonchev–Trinajstić information content (AvgIpc) is 2.47. The summed E-state index contributed by atoms with van der Waals surface area (Å²) < 4.78 is 32.1.